The number of hydrogen-bond acceptors (Lipinski definition) is 5. The topological polar surface area (TPSA) is 53.5 Å². The summed E-state index contributed by atoms with van der Waals surface area (Å²) < 4.78 is 40.7. The summed E-state index contributed by atoms with van der Waals surface area (Å²) in [6.07, 6.45) is 1.41. The van der Waals surface area contributed by atoms with E-state index in [1.54, 1.807) is 18.2 Å². The van der Waals surface area contributed by atoms with Gasteiger partial charge in [0.1, 0.15) is 10.7 Å². The zero-order valence-electron chi connectivity index (χ0n) is 14.2. The van der Waals surface area contributed by atoms with Gasteiger partial charge in [0.25, 0.3) is 0 Å². The lowest BCUT2D eigenvalue weighted by Gasteiger charge is -2.31. The van der Waals surface area contributed by atoms with Crippen LogP contribution in [0, 0.1) is 5.82 Å². The maximum absolute atomic E-state index is 13.1. The Bertz CT molecular complexity index is 870. The molecule has 0 bridgehead atoms. The van der Waals surface area contributed by atoms with Crippen LogP contribution in [-0.4, -0.2) is 55.8 Å². The van der Waals surface area contributed by atoms with E-state index in [1.165, 1.54) is 34.4 Å². The first-order chi connectivity index (χ1) is 12.4. The SMILES string of the molecule is CN1CCN(S(=O)(=O)c2ccc(SCc3ccc(F)cc3Br)nc2)CC1. The van der Waals surface area contributed by atoms with Crippen LogP contribution >= 0.6 is 27.7 Å². The van der Waals surface area contributed by atoms with Gasteiger partial charge in [0.05, 0.1) is 5.03 Å². The number of aromatic nitrogens is 1. The van der Waals surface area contributed by atoms with Gasteiger partial charge in [-0.25, -0.2) is 17.8 Å². The quantitative estimate of drug-likeness (QED) is 0.642. The molecule has 2 heterocycles. The van der Waals surface area contributed by atoms with Gasteiger partial charge in [0.15, 0.2) is 0 Å². The molecule has 0 atom stereocenters. The Morgan fingerprint density at radius 1 is 1.19 bits per heavy atom. The van der Waals surface area contributed by atoms with Gasteiger partial charge in [0.2, 0.25) is 10.0 Å². The van der Waals surface area contributed by atoms with Gasteiger partial charge in [-0.3, -0.25) is 0 Å². The molecule has 2 aromatic rings. The molecule has 26 heavy (non-hydrogen) atoms. The molecular formula is C17H19BrFN3O2S2. The maximum Gasteiger partial charge on any atom is 0.244 e. The Hall–Kier alpha value is -1.000. The number of rotatable bonds is 5. The first kappa shape index (κ1) is 19.8. The fourth-order valence-corrected chi connectivity index (χ4v) is 5.46. The molecule has 0 saturated carbocycles. The normalized spacial score (nSPS) is 16.7. The highest BCUT2D eigenvalue weighted by Crippen LogP contribution is 2.27. The van der Waals surface area contributed by atoms with Crippen LogP contribution in [0.4, 0.5) is 4.39 Å². The average molecular weight is 460 g/mol. The molecule has 0 aliphatic carbocycles. The molecule has 0 amide bonds. The third-order valence-corrected chi connectivity index (χ3v) is 7.81. The zero-order chi connectivity index (χ0) is 18.7. The molecule has 9 heteroatoms. The van der Waals surface area contributed by atoms with E-state index in [2.05, 4.69) is 25.8 Å². The standard InChI is InChI=1S/C17H19BrFN3O2S2/c1-21-6-8-22(9-7-21)26(23,24)15-4-5-17(20-11-15)25-12-13-2-3-14(19)10-16(13)18/h2-5,10-11H,6-9,12H2,1H3. The van der Waals surface area contributed by atoms with Gasteiger partial charge in [-0.05, 0) is 36.9 Å². The number of thioether (sulfide) groups is 1. The van der Waals surface area contributed by atoms with Crippen molar-refractivity contribution in [1.82, 2.24) is 14.2 Å². The van der Waals surface area contributed by atoms with E-state index in [-0.39, 0.29) is 10.7 Å². The zero-order valence-corrected chi connectivity index (χ0v) is 17.4. The van der Waals surface area contributed by atoms with Gasteiger partial charge in [0, 0.05) is 42.6 Å². The summed E-state index contributed by atoms with van der Waals surface area (Å²) in [5, 5.41) is 0.721. The first-order valence-corrected chi connectivity index (χ1v) is 11.3. The van der Waals surface area contributed by atoms with Crippen LogP contribution in [0.15, 0.2) is 50.9 Å². The van der Waals surface area contributed by atoms with Crippen molar-refractivity contribution in [3.05, 3.63) is 52.4 Å². The van der Waals surface area contributed by atoms with E-state index in [4.69, 9.17) is 0 Å². The molecule has 1 fully saturated rings. The second-order valence-electron chi connectivity index (χ2n) is 6.06. The molecule has 0 spiro atoms. The highest BCUT2D eigenvalue weighted by Gasteiger charge is 2.27. The summed E-state index contributed by atoms with van der Waals surface area (Å²) >= 11 is 4.81. The lowest BCUT2D eigenvalue weighted by Crippen LogP contribution is -2.47. The number of sulfonamides is 1. The van der Waals surface area contributed by atoms with E-state index < -0.39 is 10.0 Å². The van der Waals surface area contributed by atoms with Gasteiger partial charge >= 0.3 is 0 Å². The minimum absolute atomic E-state index is 0.217. The van der Waals surface area contributed by atoms with E-state index >= 15 is 0 Å². The summed E-state index contributed by atoms with van der Waals surface area (Å²) in [6.45, 7) is 2.45. The summed E-state index contributed by atoms with van der Waals surface area (Å²) in [5.41, 5.74) is 0.951. The van der Waals surface area contributed by atoms with Crippen molar-refractivity contribution in [3.63, 3.8) is 0 Å². The van der Waals surface area contributed by atoms with Crippen LogP contribution < -0.4 is 0 Å². The minimum atomic E-state index is -3.50. The molecule has 1 aromatic heterocycles. The summed E-state index contributed by atoms with van der Waals surface area (Å²) in [4.78, 5) is 6.60. The first-order valence-electron chi connectivity index (χ1n) is 8.08. The lowest BCUT2D eigenvalue weighted by atomic mass is 10.2. The number of benzene rings is 1. The second kappa shape index (κ2) is 8.35. The molecule has 140 valence electrons. The smallest absolute Gasteiger partial charge is 0.244 e. The van der Waals surface area contributed by atoms with Crippen LogP contribution in [0.5, 0.6) is 0 Å². The van der Waals surface area contributed by atoms with Gasteiger partial charge in [-0.1, -0.05) is 22.0 Å². The van der Waals surface area contributed by atoms with E-state index in [0.717, 1.165) is 23.7 Å². The van der Waals surface area contributed by atoms with Crippen LogP contribution in [0.3, 0.4) is 0 Å². The molecule has 1 aliphatic rings. The molecule has 1 aromatic carbocycles. The highest BCUT2D eigenvalue weighted by molar-refractivity contribution is 9.10. The Labute approximate surface area is 165 Å². The predicted molar refractivity (Wildman–Crippen MR) is 104 cm³/mol. The van der Waals surface area contributed by atoms with Crippen molar-refractivity contribution in [2.24, 2.45) is 0 Å². The fraction of sp³-hybridized carbons (Fsp3) is 0.353. The van der Waals surface area contributed by atoms with Crippen LogP contribution in [-0.2, 0) is 15.8 Å². The average Bonchev–Trinajstić information content (AvgIpc) is 2.62. The predicted octanol–water partition coefficient (Wildman–Crippen LogP) is 3.21. The van der Waals surface area contributed by atoms with Crippen LogP contribution in [0.25, 0.3) is 0 Å². The maximum atomic E-state index is 13.1. The Kier molecular flexibility index (Phi) is 6.34. The Balaban J connectivity index is 1.66. The monoisotopic (exact) mass is 459 g/mol. The van der Waals surface area contributed by atoms with Gasteiger partial charge in [-0.2, -0.15) is 4.31 Å². The number of likely N-dealkylation sites (N-methyl/N-ethyl adjacent to an activating group) is 1. The molecular weight excluding hydrogens is 441 g/mol. The largest absolute Gasteiger partial charge is 0.304 e. The Morgan fingerprint density at radius 3 is 2.54 bits per heavy atom. The van der Waals surface area contributed by atoms with E-state index in [9.17, 15) is 12.8 Å². The number of hydrogen-bond donors (Lipinski definition) is 0. The van der Waals surface area contributed by atoms with Crippen molar-refractivity contribution in [2.75, 3.05) is 33.2 Å². The fourth-order valence-electron chi connectivity index (χ4n) is 2.57. The van der Waals surface area contributed by atoms with E-state index in [0.29, 0.717) is 23.3 Å². The molecule has 0 radical (unpaired) electrons. The van der Waals surface area contributed by atoms with Gasteiger partial charge in [-0.15, -0.1) is 11.8 Å². The third-order valence-electron chi connectivity index (χ3n) is 4.20. The number of halogens is 2. The third kappa shape index (κ3) is 4.64. The number of piperazine rings is 1. The summed E-state index contributed by atoms with van der Waals surface area (Å²) in [7, 11) is -1.51. The molecule has 0 N–H and O–H groups in total. The van der Waals surface area contributed by atoms with Crippen LogP contribution in [0.2, 0.25) is 0 Å². The lowest BCUT2D eigenvalue weighted by molar-refractivity contribution is 0.222. The molecule has 1 saturated heterocycles. The number of nitrogens with zero attached hydrogens (tertiary/aromatic N) is 3. The molecule has 1 aliphatic heterocycles. The molecule has 0 unspecified atom stereocenters. The Morgan fingerprint density at radius 2 is 1.92 bits per heavy atom. The van der Waals surface area contributed by atoms with Crippen molar-refractivity contribution >= 4 is 37.7 Å². The van der Waals surface area contributed by atoms with Crippen molar-refractivity contribution in [1.29, 1.82) is 0 Å². The molecule has 3 rings (SSSR count). The van der Waals surface area contributed by atoms with E-state index in [1.807, 2.05) is 7.05 Å². The van der Waals surface area contributed by atoms with Crippen molar-refractivity contribution in [3.8, 4) is 0 Å². The van der Waals surface area contributed by atoms with Crippen molar-refractivity contribution in [2.45, 2.75) is 15.7 Å². The van der Waals surface area contributed by atoms with Crippen molar-refractivity contribution < 1.29 is 12.8 Å². The minimum Gasteiger partial charge on any atom is -0.304 e. The summed E-state index contributed by atoms with van der Waals surface area (Å²) in [5.74, 6) is 0.320. The van der Waals surface area contributed by atoms with Crippen LogP contribution in [0.1, 0.15) is 5.56 Å². The molecule has 5 nitrogen and oxygen atoms in total. The second-order valence-corrected chi connectivity index (χ2v) is 9.85. The highest BCUT2D eigenvalue weighted by atomic mass is 79.9. The van der Waals surface area contributed by atoms with Gasteiger partial charge < -0.3 is 4.90 Å². The summed E-state index contributed by atoms with van der Waals surface area (Å²) in [6, 6.07) is 7.88. The number of pyridine rings is 1.